The largest absolute Gasteiger partial charge is 0.347 e. The van der Waals surface area contributed by atoms with E-state index in [1.807, 2.05) is 11.0 Å². The predicted octanol–water partition coefficient (Wildman–Crippen LogP) is 2.07. The molecule has 0 aliphatic carbocycles. The van der Waals surface area contributed by atoms with Gasteiger partial charge in [-0.3, -0.25) is 9.69 Å². The lowest BCUT2D eigenvalue weighted by atomic mass is 10.0. The van der Waals surface area contributed by atoms with Gasteiger partial charge in [-0.15, -0.1) is 0 Å². The van der Waals surface area contributed by atoms with E-state index < -0.39 is 0 Å². The molecule has 3 heterocycles. The maximum atomic E-state index is 12.6. The molecule has 0 unspecified atom stereocenters. The number of nitrogens with zero attached hydrogens (tertiary/aromatic N) is 3. The van der Waals surface area contributed by atoms with E-state index in [2.05, 4.69) is 46.2 Å². The molecule has 4 rings (SSSR count). The summed E-state index contributed by atoms with van der Waals surface area (Å²) in [6.45, 7) is 8.69. The third-order valence-corrected chi connectivity index (χ3v) is 6.27. The first-order valence-electron chi connectivity index (χ1n) is 10.9. The first kappa shape index (κ1) is 20.5. The fourth-order valence-corrected chi connectivity index (χ4v) is 4.40. The van der Waals surface area contributed by atoms with Crippen LogP contribution in [0.3, 0.4) is 0 Å². The van der Waals surface area contributed by atoms with Crippen molar-refractivity contribution in [1.82, 2.24) is 14.7 Å². The van der Waals surface area contributed by atoms with Crippen LogP contribution < -0.4 is 0 Å². The maximum absolute atomic E-state index is 12.6. The lowest BCUT2D eigenvalue weighted by Gasteiger charge is -2.38. The van der Waals surface area contributed by atoms with Crippen LogP contribution in [-0.4, -0.2) is 92.0 Å². The van der Waals surface area contributed by atoms with Crippen molar-refractivity contribution in [3.63, 3.8) is 0 Å². The van der Waals surface area contributed by atoms with Crippen LogP contribution in [0.4, 0.5) is 0 Å². The molecule has 3 aliphatic heterocycles. The summed E-state index contributed by atoms with van der Waals surface area (Å²) in [5.41, 5.74) is 1.23. The molecule has 0 N–H and O–H groups in total. The molecule has 0 bridgehead atoms. The van der Waals surface area contributed by atoms with Gasteiger partial charge in [-0.2, -0.15) is 0 Å². The number of piperidine rings is 1. The summed E-state index contributed by atoms with van der Waals surface area (Å²) in [5, 5.41) is 0. The number of piperazine rings is 1. The third-order valence-electron chi connectivity index (χ3n) is 6.27. The third kappa shape index (κ3) is 5.66. The zero-order chi connectivity index (χ0) is 19.9. The van der Waals surface area contributed by atoms with Crippen molar-refractivity contribution in [3.8, 4) is 0 Å². The molecule has 1 spiro atoms. The fourth-order valence-electron chi connectivity index (χ4n) is 4.40. The summed E-state index contributed by atoms with van der Waals surface area (Å²) in [6.07, 6.45) is 6.82. The summed E-state index contributed by atoms with van der Waals surface area (Å²) in [4.78, 5) is 19.4. The highest BCUT2D eigenvalue weighted by molar-refractivity contribution is 5.76. The van der Waals surface area contributed by atoms with E-state index in [0.29, 0.717) is 19.6 Å². The molecule has 0 saturated carbocycles. The Morgan fingerprint density at radius 3 is 2.31 bits per heavy atom. The van der Waals surface area contributed by atoms with E-state index in [9.17, 15) is 4.79 Å². The fraction of sp³-hybridized carbons (Fsp3) is 0.609. The quantitative estimate of drug-likeness (QED) is 0.733. The van der Waals surface area contributed by atoms with Crippen LogP contribution in [0.15, 0.2) is 36.4 Å². The van der Waals surface area contributed by atoms with E-state index >= 15 is 0 Å². The van der Waals surface area contributed by atoms with Crippen molar-refractivity contribution in [2.75, 3.05) is 65.6 Å². The number of rotatable bonds is 6. The van der Waals surface area contributed by atoms with Gasteiger partial charge in [0.15, 0.2) is 5.79 Å². The highest BCUT2D eigenvalue weighted by Gasteiger charge is 2.39. The minimum Gasteiger partial charge on any atom is -0.347 e. The van der Waals surface area contributed by atoms with Crippen LogP contribution in [0.25, 0.3) is 6.08 Å². The molecular weight excluding hydrogens is 366 g/mol. The monoisotopic (exact) mass is 399 g/mol. The summed E-state index contributed by atoms with van der Waals surface area (Å²) < 4.78 is 11.6. The first-order valence-corrected chi connectivity index (χ1v) is 10.9. The molecule has 6 heteroatoms. The Bertz CT molecular complexity index is 670. The Labute approximate surface area is 174 Å². The van der Waals surface area contributed by atoms with Crippen molar-refractivity contribution in [1.29, 1.82) is 0 Å². The Hall–Kier alpha value is -1.73. The smallest absolute Gasteiger partial charge is 0.223 e. The van der Waals surface area contributed by atoms with E-state index in [1.165, 1.54) is 5.56 Å². The van der Waals surface area contributed by atoms with Crippen LogP contribution in [-0.2, 0) is 14.3 Å². The predicted molar refractivity (Wildman–Crippen MR) is 113 cm³/mol. The second-order valence-corrected chi connectivity index (χ2v) is 8.19. The molecule has 1 aromatic carbocycles. The Morgan fingerprint density at radius 1 is 0.931 bits per heavy atom. The Kier molecular flexibility index (Phi) is 6.98. The number of carbonyl (C=O) groups excluding carboxylic acids is 1. The van der Waals surface area contributed by atoms with Gasteiger partial charge in [-0.25, -0.2) is 0 Å². The second-order valence-electron chi connectivity index (χ2n) is 8.19. The maximum Gasteiger partial charge on any atom is 0.223 e. The molecule has 0 atom stereocenters. The number of amides is 1. The Morgan fingerprint density at radius 2 is 1.62 bits per heavy atom. The van der Waals surface area contributed by atoms with Gasteiger partial charge in [0.25, 0.3) is 0 Å². The number of hydrogen-bond donors (Lipinski definition) is 0. The van der Waals surface area contributed by atoms with Crippen molar-refractivity contribution in [2.45, 2.75) is 25.0 Å². The average molecular weight is 400 g/mol. The summed E-state index contributed by atoms with van der Waals surface area (Å²) in [6, 6.07) is 10.4. The van der Waals surface area contributed by atoms with Gasteiger partial charge in [0.05, 0.1) is 13.2 Å². The summed E-state index contributed by atoms with van der Waals surface area (Å²) >= 11 is 0. The Balaban J connectivity index is 1.12. The number of benzene rings is 1. The minimum atomic E-state index is -0.328. The lowest BCUT2D eigenvalue weighted by Crippen LogP contribution is -2.50. The zero-order valence-corrected chi connectivity index (χ0v) is 17.3. The standard InChI is InChI=1S/C23H33N3O3/c27-22(8-12-25-13-9-23(10-14-25)28-19-20-29-23)26-17-15-24(16-18-26)11-4-7-21-5-2-1-3-6-21/h1-7H,8-20H2/b7-4+. The molecule has 29 heavy (non-hydrogen) atoms. The molecule has 158 valence electrons. The van der Waals surface area contributed by atoms with Crippen LogP contribution in [0.5, 0.6) is 0 Å². The molecule has 3 aliphatic rings. The van der Waals surface area contributed by atoms with E-state index in [0.717, 1.165) is 65.2 Å². The summed E-state index contributed by atoms with van der Waals surface area (Å²) in [5.74, 6) is -0.0376. The van der Waals surface area contributed by atoms with Gasteiger partial charge in [-0.05, 0) is 5.56 Å². The van der Waals surface area contributed by atoms with Crippen LogP contribution in [0.1, 0.15) is 24.8 Å². The van der Waals surface area contributed by atoms with Crippen LogP contribution in [0, 0.1) is 0 Å². The molecule has 1 aromatic rings. The van der Waals surface area contributed by atoms with E-state index in [1.54, 1.807) is 0 Å². The van der Waals surface area contributed by atoms with Gasteiger partial charge in [0.1, 0.15) is 0 Å². The van der Waals surface area contributed by atoms with Gasteiger partial charge in [-0.1, -0.05) is 42.5 Å². The number of ether oxygens (including phenoxy) is 2. The van der Waals surface area contributed by atoms with Crippen molar-refractivity contribution >= 4 is 12.0 Å². The molecule has 3 fully saturated rings. The average Bonchev–Trinajstić information content (AvgIpc) is 3.22. The zero-order valence-electron chi connectivity index (χ0n) is 17.3. The summed E-state index contributed by atoms with van der Waals surface area (Å²) in [7, 11) is 0. The molecule has 1 amide bonds. The van der Waals surface area contributed by atoms with Crippen molar-refractivity contribution < 1.29 is 14.3 Å². The van der Waals surface area contributed by atoms with Gasteiger partial charge >= 0.3 is 0 Å². The highest BCUT2D eigenvalue weighted by atomic mass is 16.7. The number of likely N-dealkylation sites (tertiary alicyclic amines) is 1. The highest BCUT2D eigenvalue weighted by Crippen LogP contribution is 2.31. The van der Waals surface area contributed by atoms with Crippen molar-refractivity contribution in [2.24, 2.45) is 0 Å². The van der Waals surface area contributed by atoms with Gasteiger partial charge < -0.3 is 19.3 Å². The number of hydrogen-bond acceptors (Lipinski definition) is 5. The number of carbonyl (C=O) groups is 1. The second kappa shape index (κ2) is 9.85. The van der Waals surface area contributed by atoms with Gasteiger partial charge in [0, 0.05) is 71.6 Å². The van der Waals surface area contributed by atoms with Crippen LogP contribution >= 0.6 is 0 Å². The van der Waals surface area contributed by atoms with Gasteiger partial charge in [0.2, 0.25) is 5.91 Å². The lowest BCUT2D eigenvalue weighted by molar-refractivity contribution is -0.185. The topological polar surface area (TPSA) is 45.3 Å². The SMILES string of the molecule is O=C(CCN1CCC2(CC1)OCCO2)N1CCN(C/C=C/c2ccccc2)CC1. The molecule has 3 saturated heterocycles. The molecular formula is C23H33N3O3. The molecule has 0 aromatic heterocycles. The van der Waals surface area contributed by atoms with E-state index in [-0.39, 0.29) is 11.7 Å². The minimum absolute atomic E-state index is 0.290. The van der Waals surface area contributed by atoms with E-state index in [4.69, 9.17) is 9.47 Å². The molecule has 0 radical (unpaired) electrons. The first-order chi connectivity index (χ1) is 14.2. The van der Waals surface area contributed by atoms with Crippen LogP contribution in [0.2, 0.25) is 0 Å². The molecule has 6 nitrogen and oxygen atoms in total. The normalized spacial score (nSPS) is 23.2. The van der Waals surface area contributed by atoms with Crippen molar-refractivity contribution in [3.05, 3.63) is 42.0 Å².